The van der Waals surface area contributed by atoms with Crippen molar-refractivity contribution in [3.63, 3.8) is 0 Å². The van der Waals surface area contributed by atoms with Crippen LogP contribution in [0.2, 0.25) is 18.6 Å². The molecule has 0 radical (unpaired) electrons. The van der Waals surface area contributed by atoms with Crippen LogP contribution in [-0.2, 0) is 39.4 Å². The van der Waals surface area contributed by atoms with Crippen LogP contribution in [0, 0.1) is 5.92 Å². The van der Waals surface area contributed by atoms with Crippen LogP contribution < -0.4 is 9.80 Å². The molecule has 10 nitrogen and oxygen atoms in total. The SMILES string of the molecule is C[C@@H]1[C@@H]([Si](C)(C)F)[C@H](CCn2cc(CCO)nn2)O[C@@]12C(=O)N(Cc1cccc(N3CCOC3=O)c1)c1ccccc12. The molecule has 1 spiro atoms. The van der Waals surface area contributed by atoms with E-state index in [2.05, 4.69) is 10.3 Å². The number of nitrogens with zero attached hydrogens (tertiary/aromatic N) is 5. The number of benzene rings is 2. The highest BCUT2D eigenvalue weighted by Crippen LogP contribution is 2.60. The number of ether oxygens (including phenoxy) is 2. The first-order valence-electron chi connectivity index (χ1n) is 14.4. The molecule has 12 heteroatoms. The van der Waals surface area contributed by atoms with Gasteiger partial charge in [0.15, 0.2) is 5.60 Å². The Balaban J connectivity index is 1.30. The van der Waals surface area contributed by atoms with Gasteiger partial charge >= 0.3 is 6.09 Å². The lowest BCUT2D eigenvalue weighted by atomic mass is 9.82. The smallest absolute Gasteiger partial charge is 0.414 e. The first kappa shape index (κ1) is 28.5. The average molecular weight is 594 g/mol. The van der Waals surface area contributed by atoms with E-state index in [1.807, 2.05) is 55.5 Å². The number of aryl methyl sites for hydroxylation is 1. The monoisotopic (exact) mass is 593 g/mol. The summed E-state index contributed by atoms with van der Waals surface area (Å²) >= 11 is 0. The number of fused-ring (bicyclic) bond motifs is 2. The molecule has 2 saturated heterocycles. The molecule has 4 heterocycles. The molecule has 1 aromatic heterocycles. The number of aliphatic hydroxyl groups excluding tert-OH is 1. The van der Waals surface area contributed by atoms with Crippen molar-refractivity contribution in [3.05, 3.63) is 71.5 Å². The predicted octanol–water partition coefficient (Wildman–Crippen LogP) is 4.18. The van der Waals surface area contributed by atoms with Crippen LogP contribution in [0.4, 0.5) is 20.3 Å². The lowest BCUT2D eigenvalue weighted by Crippen LogP contribution is -2.45. The number of cyclic esters (lactones) is 1. The molecule has 1 N–H and O–H groups in total. The molecular weight excluding hydrogens is 557 g/mol. The third-order valence-electron chi connectivity index (χ3n) is 8.79. The number of carbonyl (C=O) groups excluding carboxylic acids is 2. The van der Waals surface area contributed by atoms with Crippen LogP contribution in [-0.4, -0.2) is 66.4 Å². The molecule has 42 heavy (non-hydrogen) atoms. The van der Waals surface area contributed by atoms with Gasteiger partial charge in [0.2, 0.25) is 8.41 Å². The first-order chi connectivity index (χ1) is 20.1. The van der Waals surface area contributed by atoms with Crippen molar-refractivity contribution in [2.24, 2.45) is 5.92 Å². The molecular formula is C30H36FN5O5Si. The van der Waals surface area contributed by atoms with Gasteiger partial charge in [-0.15, -0.1) is 5.10 Å². The van der Waals surface area contributed by atoms with Gasteiger partial charge in [0.05, 0.1) is 30.6 Å². The van der Waals surface area contributed by atoms with Gasteiger partial charge < -0.3 is 23.6 Å². The maximum absolute atomic E-state index is 16.1. The third-order valence-corrected chi connectivity index (χ3v) is 11.2. The Morgan fingerprint density at radius 2 is 1.98 bits per heavy atom. The highest BCUT2D eigenvalue weighted by Gasteiger charge is 2.66. The number of aromatic nitrogens is 3. The van der Waals surface area contributed by atoms with Crippen LogP contribution >= 0.6 is 0 Å². The summed E-state index contributed by atoms with van der Waals surface area (Å²) < 4.78 is 29.6. The Morgan fingerprint density at radius 1 is 1.17 bits per heavy atom. The van der Waals surface area contributed by atoms with E-state index >= 15 is 4.11 Å². The molecule has 2 amide bonds. The first-order valence-corrected chi connectivity index (χ1v) is 17.4. The summed E-state index contributed by atoms with van der Waals surface area (Å²) in [6.07, 6.45) is 1.80. The fourth-order valence-corrected chi connectivity index (χ4v) is 9.54. The standard InChI is InChI=1S/C30H36FN5O5Si/c1-20-27(42(2,3)31)26(11-13-34-19-22(12-15-37)32-33-34)41-30(20)24-9-4-5-10-25(24)36(28(30)38)18-21-7-6-8-23(17-21)35-14-16-40-29(35)39/h4-10,17,19-20,26-27,37H,11-16,18H2,1-3H3/t20-,26+,27-,30+/m1/s1. The van der Waals surface area contributed by atoms with Crippen LogP contribution in [0.3, 0.4) is 0 Å². The Kier molecular flexibility index (Phi) is 7.40. The minimum atomic E-state index is -3.29. The second-order valence-electron chi connectivity index (χ2n) is 11.9. The summed E-state index contributed by atoms with van der Waals surface area (Å²) in [5, 5.41) is 17.4. The highest BCUT2D eigenvalue weighted by atomic mass is 28.4. The van der Waals surface area contributed by atoms with Crippen LogP contribution in [0.25, 0.3) is 0 Å². The van der Waals surface area contributed by atoms with Gasteiger partial charge in [0.1, 0.15) is 6.61 Å². The van der Waals surface area contributed by atoms with E-state index < -0.39 is 25.7 Å². The quantitative estimate of drug-likeness (QED) is 0.293. The highest BCUT2D eigenvalue weighted by molar-refractivity contribution is 6.72. The maximum Gasteiger partial charge on any atom is 0.414 e. The zero-order valence-corrected chi connectivity index (χ0v) is 25.1. The van der Waals surface area contributed by atoms with E-state index in [-0.39, 0.29) is 31.1 Å². The minimum absolute atomic E-state index is 0.0126. The number of anilines is 2. The molecule has 0 unspecified atom stereocenters. The summed E-state index contributed by atoms with van der Waals surface area (Å²) in [6, 6.07) is 15.2. The van der Waals surface area contributed by atoms with Crippen LogP contribution in [0.5, 0.6) is 0 Å². The van der Waals surface area contributed by atoms with Crippen molar-refractivity contribution < 1.29 is 28.3 Å². The number of aliphatic hydroxyl groups is 1. The summed E-state index contributed by atoms with van der Waals surface area (Å²) in [6.45, 7) is 6.88. The topological polar surface area (TPSA) is 110 Å². The van der Waals surface area contributed by atoms with E-state index in [1.165, 1.54) is 0 Å². The van der Waals surface area contributed by atoms with E-state index in [1.54, 1.807) is 33.8 Å². The molecule has 3 aliphatic heterocycles. The predicted molar refractivity (Wildman–Crippen MR) is 156 cm³/mol. The lowest BCUT2D eigenvalue weighted by Gasteiger charge is -2.31. The molecule has 0 saturated carbocycles. The molecule has 3 aromatic rings. The molecule has 6 rings (SSSR count). The van der Waals surface area contributed by atoms with E-state index in [4.69, 9.17) is 9.47 Å². The van der Waals surface area contributed by atoms with Crippen LogP contribution in [0.15, 0.2) is 54.7 Å². The van der Waals surface area contributed by atoms with Gasteiger partial charge in [-0.1, -0.05) is 42.5 Å². The summed E-state index contributed by atoms with van der Waals surface area (Å²) in [7, 11) is -3.29. The Bertz CT molecular complexity index is 1490. The van der Waals surface area contributed by atoms with Gasteiger partial charge in [-0.2, -0.15) is 0 Å². The zero-order valence-electron chi connectivity index (χ0n) is 24.1. The van der Waals surface area contributed by atoms with Crippen molar-refractivity contribution in [2.45, 2.75) is 63.2 Å². The Labute approximate surface area is 245 Å². The van der Waals surface area contributed by atoms with Gasteiger partial charge in [0, 0.05) is 48.5 Å². The van der Waals surface area contributed by atoms with Crippen LogP contribution in [0.1, 0.15) is 30.2 Å². The van der Waals surface area contributed by atoms with E-state index in [9.17, 15) is 14.7 Å². The molecule has 4 atom stereocenters. The largest absolute Gasteiger partial charge is 0.447 e. The second kappa shape index (κ2) is 10.9. The van der Waals surface area contributed by atoms with Gasteiger partial charge in [-0.05, 0) is 43.3 Å². The van der Waals surface area contributed by atoms with Gasteiger partial charge in [0.25, 0.3) is 5.91 Å². The number of amides is 2. The van der Waals surface area contributed by atoms with Gasteiger partial charge in [-0.25, -0.2) is 4.79 Å². The minimum Gasteiger partial charge on any atom is -0.447 e. The lowest BCUT2D eigenvalue weighted by molar-refractivity contribution is -0.146. The third kappa shape index (κ3) is 4.80. The molecule has 0 aliphatic carbocycles. The normalized spacial score (nSPS) is 25.5. The fourth-order valence-electron chi connectivity index (χ4n) is 7.00. The number of hydrogen-bond acceptors (Lipinski definition) is 7. The Morgan fingerprint density at radius 3 is 2.71 bits per heavy atom. The number of carbonyl (C=O) groups is 2. The van der Waals surface area contributed by atoms with Crippen molar-refractivity contribution in [2.75, 3.05) is 29.6 Å². The van der Waals surface area contributed by atoms with Crippen molar-refractivity contribution >= 4 is 31.8 Å². The molecule has 2 aromatic carbocycles. The number of hydrogen-bond donors (Lipinski definition) is 1. The number of halogens is 1. The van der Waals surface area contributed by atoms with Crippen molar-refractivity contribution in [3.8, 4) is 0 Å². The Hall–Kier alpha value is -3.61. The average Bonchev–Trinajstić information content (AvgIpc) is 3.71. The summed E-state index contributed by atoms with van der Waals surface area (Å²) in [5.41, 5.74) is 2.06. The van der Waals surface area contributed by atoms with E-state index in [0.717, 1.165) is 22.5 Å². The number of rotatable bonds is 9. The molecule has 2 fully saturated rings. The molecule has 3 aliphatic rings. The van der Waals surface area contributed by atoms with Crippen molar-refractivity contribution in [1.29, 1.82) is 0 Å². The van der Waals surface area contributed by atoms with E-state index in [0.29, 0.717) is 38.2 Å². The number of para-hydroxylation sites is 1. The van der Waals surface area contributed by atoms with Crippen molar-refractivity contribution in [1.82, 2.24) is 15.0 Å². The fraction of sp³-hybridized carbons (Fsp3) is 0.467. The zero-order chi connectivity index (χ0) is 29.6. The van der Waals surface area contributed by atoms with Gasteiger partial charge in [-0.3, -0.25) is 14.4 Å². The second-order valence-corrected chi connectivity index (χ2v) is 15.6. The summed E-state index contributed by atoms with van der Waals surface area (Å²) in [5.74, 6) is -0.585. The molecule has 222 valence electrons. The summed E-state index contributed by atoms with van der Waals surface area (Å²) in [4.78, 5) is 30.0. The molecule has 0 bridgehead atoms. The maximum atomic E-state index is 16.1.